The smallest absolute Gasteiger partial charge is 0.337 e. The molecule has 8 heteroatoms. The van der Waals surface area contributed by atoms with Crippen LogP contribution < -0.4 is 10.1 Å². The molecule has 2 N–H and O–H groups in total. The van der Waals surface area contributed by atoms with Gasteiger partial charge in [0.15, 0.2) is 0 Å². The second-order valence-electron chi connectivity index (χ2n) is 3.87. The average molecular weight is 276 g/mol. The Balaban J connectivity index is 2.18. The van der Waals surface area contributed by atoms with E-state index >= 15 is 0 Å². The topological polar surface area (TPSA) is 106 Å². The number of ether oxygens (including phenoxy) is 1. The first kappa shape index (κ1) is 13.5. The fraction of sp³-hybridized carbons (Fsp3) is 0.167. The van der Waals surface area contributed by atoms with Gasteiger partial charge in [0.1, 0.15) is 12.3 Å². The highest BCUT2D eigenvalue weighted by Crippen LogP contribution is 2.22. The van der Waals surface area contributed by atoms with E-state index in [1.54, 1.807) is 0 Å². The van der Waals surface area contributed by atoms with Gasteiger partial charge >= 0.3 is 5.97 Å². The molecule has 0 saturated carbocycles. The Morgan fingerprint density at radius 2 is 2.25 bits per heavy atom. The first-order valence-corrected chi connectivity index (χ1v) is 5.65. The molecule has 1 amide bonds. The molecule has 0 saturated heterocycles. The van der Waals surface area contributed by atoms with Crippen LogP contribution in [0.15, 0.2) is 30.6 Å². The van der Waals surface area contributed by atoms with Gasteiger partial charge in [0.05, 0.1) is 24.6 Å². The van der Waals surface area contributed by atoms with Crippen molar-refractivity contribution in [3.8, 4) is 5.75 Å². The molecular weight excluding hydrogens is 264 g/mol. The van der Waals surface area contributed by atoms with Crippen LogP contribution in [0.2, 0.25) is 0 Å². The number of methoxy groups -OCH3 is 1. The lowest BCUT2D eigenvalue weighted by Gasteiger charge is -2.10. The van der Waals surface area contributed by atoms with Crippen molar-refractivity contribution in [1.82, 2.24) is 15.0 Å². The van der Waals surface area contributed by atoms with Crippen LogP contribution in [0, 0.1) is 0 Å². The van der Waals surface area contributed by atoms with Crippen molar-refractivity contribution in [1.29, 1.82) is 0 Å². The monoisotopic (exact) mass is 276 g/mol. The molecule has 0 aliphatic carbocycles. The third kappa shape index (κ3) is 3.10. The lowest BCUT2D eigenvalue weighted by molar-refractivity contribution is -0.116. The van der Waals surface area contributed by atoms with E-state index in [4.69, 9.17) is 9.84 Å². The molecule has 0 radical (unpaired) electrons. The zero-order valence-electron chi connectivity index (χ0n) is 10.6. The summed E-state index contributed by atoms with van der Waals surface area (Å²) in [5.41, 5.74) is 0.153. The van der Waals surface area contributed by atoms with Crippen LogP contribution in [0.5, 0.6) is 5.75 Å². The number of benzene rings is 1. The summed E-state index contributed by atoms with van der Waals surface area (Å²) in [7, 11) is 1.46. The fourth-order valence-corrected chi connectivity index (χ4v) is 1.59. The van der Waals surface area contributed by atoms with E-state index in [0.29, 0.717) is 5.75 Å². The van der Waals surface area contributed by atoms with Crippen molar-refractivity contribution in [2.24, 2.45) is 0 Å². The van der Waals surface area contributed by atoms with E-state index in [0.717, 1.165) is 0 Å². The maximum atomic E-state index is 11.8. The number of hydrogen-bond donors (Lipinski definition) is 2. The van der Waals surface area contributed by atoms with E-state index in [9.17, 15) is 9.59 Å². The lowest BCUT2D eigenvalue weighted by atomic mass is 10.1. The summed E-state index contributed by atoms with van der Waals surface area (Å²) in [5.74, 6) is -1.10. The highest BCUT2D eigenvalue weighted by Gasteiger charge is 2.14. The van der Waals surface area contributed by atoms with Crippen molar-refractivity contribution in [3.05, 3.63) is 36.2 Å². The zero-order chi connectivity index (χ0) is 14.5. The molecule has 2 rings (SSSR count). The molecule has 104 valence electrons. The third-order valence-corrected chi connectivity index (χ3v) is 2.51. The van der Waals surface area contributed by atoms with Crippen molar-refractivity contribution in [2.75, 3.05) is 12.4 Å². The summed E-state index contributed by atoms with van der Waals surface area (Å²) in [4.78, 5) is 22.9. The van der Waals surface area contributed by atoms with Crippen LogP contribution in [-0.2, 0) is 11.3 Å². The SMILES string of the molecule is COc1ccc(C(=O)O)c(NC(=O)Cn2ccnn2)c1. The number of carbonyl (C=O) groups excluding carboxylic acids is 1. The molecule has 1 heterocycles. The number of anilines is 1. The van der Waals surface area contributed by atoms with Gasteiger partial charge in [-0.1, -0.05) is 5.21 Å². The Kier molecular flexibility index (Phi) is 3.94. The van der Waals surface area contributed by atoms with Gasteiger partial charge in [-0.05, 0) is 12.1 Å². The minimum absolute atomic E-state index is 0.0160. The number of aromatic carboxylic acids is 1. The molecular formula is C12H12N4O4. The number of carbonyl (C=O) groups is 2. The van der Waals surface area contributed by atoms with Gasteiger partial charge in [0.2, 0.25) is 5.91 Å². The van der Waals surface area contributed by atoms with Crippen molar-refractivity contribution in [2.45, 2.75) is 6.54 Å². The standard InChI is InChI=1S/C12H12N4O4/c1-20-8-2-3-9(12(18)19)10(6-8)14-11(17)7-16-5-4-13-15-16/h2-6H,7H2,1H3,(H,14,17)(H,18,19). The maximum Gasteiger partial charge on any atom is 0.337 e. The minimum atomic E-state index is -1.14. The van der Waals surface area contributed by atoms with Crippen molar-refractivity contribution >= 4 is 17.6 Å². The van der Waals surface area contributed by atoms with Crippen LogP contribution in [0.4, 0.5) is 5.69 Å². The molecule has 20 heavy (non-hydrogen) atoms. The number of carboxylic acids is 1. The van der Waals surface area contributed by atoms with E-state index < -0.39 is 11.9 Å². The molecule has 0 spiro atoms. The molecule has 1 aromatic heterocycles. The van der Waals surface area contributed by atoms with E-state index in [1.165, 1.54) is 42.4 Å². The number of amides is 1. The van der Waals surface area contributed by atoms with Gasteiger partial charge < -0.3 is 15.2 Å². The summed E-state index contributed by atoms with van der Waals surface area (Å²) in [6, 6.07) is 4.32. The molecule has 8 nitrogen and oxygen atoms in total. The van der Waals surface area contributed by atoms with E-state index in [1.807, 2.05) is 0 Å². The molecule has 0 unspecified atom stereocenters. The summed E-state index contributed by atoms with van der Waals surface area (Å²) >= 11 is 0. The van der Waals surface area contributed by atoms with E-state index in [-0.39, 0.29) is 17.8 Å². The zero-order valence-corrected chi connectivity index (χ0v) is 10.6. The third-order valence-electron chi connectivity index (χ3n) is 2.51. The fourth-order valence-electron chi connectivity index (χ4n) is 1.59. The van der Waals surface area contributed by atoms with Gasteiger partial charge in [-0.25, -0.2) is 9.48 Å². The number of rotatable bonds is 5. The van der Waals surface area contributed by atoms with Gasteiger partial charge in [0.25, 0.3) is 0 Å². The van der Waals surface area contributed by atoms with Crippen LogP contribution in [0.3, 0.4) is 0 Å². The Bertz CT molecular complexity index is 624. The summed E-state index contributed by atoms with van der Waals surface area (Å²) in [5, 5.41) is 18.8. The molecule has 0 atom stereocenters. The molecule has 0 fully saturated rings. The van der Waals surface area contributed by atoms with Gasteiger partial charge in [0, 0.05) is 12.3 Å². The lowest BCUT2D eigenvalue weighted by Crippen LogP contribution is -2.20. The second-order valence-corrected chi connectivity index (χ2v) is 3.87. The van der Waals surface area contributed by atoms with Crippen LogP contribution >= 0.6 is 0 Å². The van der Waals surface area contributed by atoms with E-state index in [2.05, 4.69) is 15.6 Å². The van der Waals surface area contributed by atoms with Gasteiger partial charge in [-0.15, -0.1) is 5.10 Å². The summed E-state index contributed by atoms with van der Waals surface area (Å²) < 4.78 is 6.33. The molecule has 1 aromatic carbocycles. The quantitative estimate of drug-likeness (QED) is 0.829. The minimum Gasteiger partial charge on any atom is -0.497 e. The Morgan fingerprint density at radius 1 is 1.45 bits per heavy atom. The normalized spacial score (nSPS) is 10.1. The largest absolute Gasteiger partial charge is 0.497 e. The number of carboxylic acid groups (broad SMARTS) is 1. The molecule has 0 aliphatic heterocycles. The van der Waals surface area contributed by atoms with Crippen LogP contribution in [0.25, 0.3) is 0 Å². The summed E-state index contributed by atoms with van der Waals surface area (Å²) in [6.07, 6.45) is 2.98. The number of aromatic nitrogens is 3. The number of nitrogens with zero attached hydrogens (tertiary/aromatic N) is 3. The Hall–Kier alpha value is -2.90. The molecule has 0 aliphatic rings. The first-order chi connectivity index (χ1) is 9.60. The Morgan fingerprint density at radius 3 is 2.85 bits per heavy atom. The average Bonchev–Trinajstić information content (AvgIpc) is 2.90. The van der Waals surface area contributed by atoms with Gasteiger partial charge in [-0.3, -0.25) is 4.79 Å². The van der Waals surface area contributed by atoms with Crippen molar-refractivity contribution in [3.63, 3.8) is 0 Å². The van der Waals surface area contributed by atoms with Gasteiger partial charge in [-0.2, -0.15) is 0 Å². The highest BCUT2D eigenvalue weighted by molar-refractivity contribution is 6.00. The molecule has 0 bridgehead atoms. The second kappa shape index (κ2) is 5.83. The van der Waals surface area contributed by atoms with Crippen molar-refractivity contribution < 1.29 is 19.4 Å². The summed E-state index contributed by atoms with van der Waals surface area (Å²) in [6.45, 7) is -0.0593. The highest BCUT2D eigenvalue weighted by atomic mass is 16.5. The predicted octanol–water partition coefficient (Wildman–Crippen LogP) is 0.624. The first-order valence-electron chi connectivity index (χ1n) is 5.65. The maximum absolute atomic E-state index is 11.8. The van der Waals surface area contributed by atoms with Crippen LogP contribution in [-0.4, -0.2) is 39.1 Å². The molecule has 2 aromatic rings. The number of nitrogens with one attached hydrogen (secondary N) is 1. The predicted molar refractivity (Wildman–Crippen MR) is 68.6 cm³/mol. The Labute approximate surface area is 114 Å². The number of hydrogen-bond acceptors (Lipinski definition) is 5. The van der Waals surface area contributed by atoms with Crippen LogP contribution in [0.1, 0.15) is 10.4 Å².